The fourth-order valence-corrected chi connectivity index (χ4v) is 5.28. The minimum absolute atomic E-state index is 0.127. The van der Waals surface area contributed by atoms with Crippen LogP contribution in [0.5, 0.6) is 5.75 Å². The smallest absolute Gasteiger partial charge is 0.272 e. The van der Waals surface area contributed by atoms with Crippen LogP contribution in [0.3, 0.4) is 0 Å². The van der Waals surface area contributed by atoms with E-state index in [4.69, 9.17) is 16.3 Å². The number of hydrogen-bond donors (Lipinski definition) is 1. The van der Waals surface area contributed by atoms with E-state index >= 15 is 0 Å². The van der Waals surface area contributed by atoms with Crippen molar-refractivity contribution in [3.8, 4) is 5.75 Å². The van der Waals surface area contributed by atoms with Gasteiger partial charge in [0.15, 0.2) is 0 Å². The Kier molecular flexibility index (Phi) is 6.02. The second-order valence-electron chi connectivity index (χ2n) is 7.09. The minimum Gasteiger partial charge on any atom is -0.495 e. The van der Waals surface area contributed by atoms with E-state index in [0.717, 1.165) is 12.8 Å². The van der Waals surface area contributed by atoms with Gasteiger partial charge in [-0.05, 0) is 43.0 Å². The van der Waals surface area contributed by atoms with Crippen LogP contribution in [0.25, 0.3) is 0 Å². The number of carbonyl (C=O) groups is 1. The molecule has 9 heteroatoms. The summed E-state index contributed by atoms with van der Waals surface area (Å²) in [7, 11) is -0.469. The molecule has 3 rings (SSSR count). The van der Waals surface area contributed by atoms with Crippen molar-refractivity contribution in [1.29, 1.82) is 0 Å². The number of benzene rings is 1. The third-order valence-electron chi connectivity index (χ3n) is 4.88. The minimum atomic E-state index is -3.62. The van der Waals surface area contributed by atoms with Crippen molar-refractivity contribution in [3.63, 3.8) is 0 Å². The molecule has 0 saturated carbocycles. The highest BCUT2D eigenvalue weighted by Crippen LogP contribution is 2.28. The Balaban J connectivity index is 1.81. The number of aryl methyl sites for hydroxylation is 1. The molecule has 1 aromatic heterocycles. The summed E-state index contributed by atoms with van der Waals surface area (Å²) in [5, 5.41) is 3.10. The van der Waals surface area contributed by atoms with E-state index in [0.29, 0.717) is 35.5 Å². The van der Waals surface area contributed by atoms with E-state index < -0.39 is 15.9 Å². The Morgan fingerprint density at radius 3 is 2.71 bits per heavy atom. The molecule has 1 aliphatic heterocycles. The molecular formula is C19H24ClN3O4S. The molecule has 2 aromatic rings. The summed E-state index contributed by atoms with van der Waals surface area (Å²) in [6.45, 7) is 3.06. The van der Waals surface area contributed by atoms with Gasteiger partial charge in [0, 0.05) is 32.0 Å². The molecule has 1 amide bonds. The number of amides is 1. The van der Waals surface area contributed by atoms with Gasteiger partial charge in [0.05, 0.1) is 12.1 Å². The lowest BCUT2D eigenvalue weighted by atomic mass is 10.0. The van der Waals surface area contributed by atoms with Gasteiger partial charge >= 0.3 is 0 Å². The maximum absolute atomic E-state index is 12.9. The number of methoxy groups -OCH3 is 1. The summed E-state index contributed by atoms with van der Waals surface area (Å²) in [6.07, 6.45) is 3.35. The lowest BCUT2D eigenvalue weighted by Crippen LogP contribution is -2.38. The van der Waals surface area contributed by atoms with Crippen LogP contribution in [-0.4, -0.2) is 43.4 Å². The van der Waals surface area contributed by atoms with Crippen molar-refractivity contribution in [2.75, 3.05) is 25.5 Å². The highest BCUT2D eigenvalue weighted by molar-refractivity contribution is 7.89. The van der Waals surface area contributed by atoms with E-state index in [1.165, 1.54) is 28.2 Å². The molecule has 1 aliphatic rings. The number of sulfonamides is 1. The first-order valence-corrected chi connectivity index (χ1v) is 10.9. The van der Waals surface area contributed by atoms with Gasteiger partial charge in [-0.2, -0.15) is 4.31 Å². The highest BCUT2D eigenvalue weighted by atomic mass is 35.5. The average molecular weight is 426 g/mol. The second kappa shape index (κ2) is 8.14. The number of anilines is 1. The number of nitrogens with zero attached hydrogens (tertiary/aromatic N) is 2. The van der Waals surface area contributed by atoms with E-state index in [-0.39, 0.29) is 10.6 Å². The first-order valence-electron chi connectivity index (χ1n) is 9.03. The molecule has 0 aliphatic carbocycles. The fourth-order valence-electron chi connectivity index (χ4n) is 3.35. The Morgan fingerprint density at radius 2 is 2.07 bits per heavy atom. The molecule has 0 spiro atoms. The Labute approximate surface area is 170 Å². The maximum Gasteiger partial charge on any atom is 0.272 e. The largest absolute Gasteiger partial charge is 0.495 e. The van der Waals surface area contributed by atoms with Gasteiger partial charge < -0.3 is 14.6 Å². The van der Waals surface area contributed by atoms with Crippen molar-refractivity contribution in [2.24, 2.45) is 13.0 Å². The average Bonchev–Trinajstić information content (AvgIpc) is 3.04. The molecule has 1 unspecified atom stereocenters. The van der Waals surface area contributed by atoms with Crippen LogP contribution < -0.4 is 10.1 Å². The molecule has 1 saturated heterocycles. The van der Waals surface area contributed by atoms with Crippen LogP contribution in [0.15, 0.2) is 35.4 Å². The monoisotopic (exact) mass is 425 g/mol. The summed E-state index contributed by atoms with van der Waals surface area (Å²) in [5.41, 5.74) is 0.738. The summed E-state index contributed by atoms with van der Waals surface area (Å²) < 4.78 is 34.0. The van der Waals surface area contributed by atoms with E-state index in [2.05, 4.69) is 5.32 Å². The van der Waals surface area contributed by atoms with Crippen LogP contribution in [0, 0.1) is 5.92 Å². The normalized spacial score (nSPS) is 18.1. The first kappa shape index (κ1) is 20.7. The summed E-state index contributed by atoms with van der Waals surface area (Å²) >= 11 is 6.09. The highest BCUT2D eigenvalue weighted by Gasteiger charge is 2.30. The van der Waals surface area contributed by atoms with Gasteiger partial charge in [-0.25, -0.2) is 8.42 Å². The van der Waals surface area contributed by atoms with Gasteiger partial charge in [-0.1, -0.05) is 18.5 Å². The number of nitrogens with one attached hydrogen (secondary N) is 1. The molecule has 1 atom stereocenters. The molecule has 152 valence electrons. The number of carbonyl (C=O) groups excluding carboxylic acids is 1. The molecule has 28 heavy (non-hydrogen) atoms. The molecule has 1 fully saturated rings. The van der Waals surface area contributed by atoms with Gasteiger partial charge in [0.25, 0.3) is 5.91 Å². The van der Waals surface area contributed by atoms with Gasteiger partial charge in [0.2, 0.25) is 10.0 Å². The molecule has 0 bridgehead atoms. The van der Waals surface area contributed by atoms with Crippen molar-refractivity contribution < 1.29 is 17.9 Å². The number of piperidine rings is 1. The molecule has 1 N–H and O–H groups in total. The van der Waals surface area contributed by atoms with Gasteiger partial charge in [0.1, 0.15) is 16.3 Å². The summed E-state index contributed by atoms with van der Waals surface area (Å²) in [5.74, 6) is 0.412. The van der Waals surface area contributed by atoms with Crippen molar-refractivity contribution in [1.82, 2.24) is 8.87 Å². The maximum atomic E-state index is 12.9. The van der Waals surface area contributed by atoms with Crippen LogP contribution in [0.1, 0.15) is 30.3 Å². The predicted octanol–water partition coefficient (Wildman–Crippen LogP) is 3.36. The zero-order chi connectivity index (χ0) is 20.5. The molecule has 1 aromatic carbocycles. The Morgan fingerprint density at radius 1 is 1.32 bits per heavy atom. The number of hydrogen-bond acceptors (Lipinski definition) is 4. The van der Waals surface area contributed by atoms with Crippen molar-refractivity contribution in [2.45, 2.75) is 24.7 Å². The van der Waals surface area contributed by atoms with E-state index in [9.17, 15) is 13.2 Å². The fraction of sp³-hybridized carbons (Fsp3) is 0.421. The topological polar surface area (TPSA) is 80.6 Å². The van der Waals surface area contributed by atoms with Crippen molar-refractivity contribution in [3.05, 3.63) is 41.2 Å². The van der Waals surface area contributed by atoms with E-state index in [1.807, 2.05) is 6.92 Å². The lowest BCUT2D eigenvalue weighted by Gasteiger charge is -2.29. The van der Waals surface area contributed by atoms with E-state index in [1.54, 1.807) is 25.2 Å². The van der Waals surface area contributed by atoms with Crippen molar-refractivity contribution >= 4 is 33.2 Å². The quantitative estimate of drug-likeness (QED) is 0.796. The standard InChI is InChI=1S/C19H24ClN3O4S/c1-13-5-4-8-23(11-13)28(25,26)15-10-17(22(2)12-15)19(24)21-14-6-7-18(27-3)16(20)9-14/h6-7,9-10,12-13H,4-5,8,11H2,1-3H3,(H,21,24). The molecule has 0 radical (unpaired) electrons. The first-order chi connectivity index (χ1) is 13.2. The number of rotatable bonds is 5. The Hall–Kier alpha value is -2.03. The zero-order valence-electron chi connectivity index (χ0n) is 16.1. The third kappa shape index (κ3) is 4.19. The summed E-state index contributed by atoms with van der Waals surface area (Å²) in [4.78, 5) is 12.8. The third-order valence-corrected chi connectivity index (χ3v) is 7.01. The predicted molar refractivity (Wildman–Crippen MR) is 109 cm³/mol. The molecular weight excluding hydrogens is 402 g/mol. The summed E-state index contributed by atoms with van der Waals surface area (Å²) in [6, 6.07) is 6.30. The number of ether oxygens (including phenoxy) is 1. The Bertz CT molecular complexity index is 987. The zero-order valence-corrected chi connectivity index (χ0v) is 17.7. The second-order valence-corrected chi connectivity index (χ2v) is 9.43. The van der Waals surface area contributed by atoms with Crippen LogP contribution in [-0.2, 0) is 17.1 Å². The van der Waals surface area contributed by atoms with Gasteiger partial charge in [-0.15, -0.1) is 0 Å². The molecule has 7 nitrogen and oxygen atoms in total. The van der Waals surface area contributed by atoms with Crippen LogP contribution >= 0.6 is 11.6 Å². The SMILES string of the molecule is COc1ccc(NC(=O)c2cc(S(=O)(=O)N3CCCC(C)C3)cn2C)cc1Cl. The van der Waals surface area contributed by atoms with Gasteiger partial charge in [-0.3, -0.25) is 4.79 Å². The van der Waals surface area contributed by atoms with Crippen LogP contribution in [0.2, 0.25) is 5.02 Å². The number of aromatic nitrogens is 1. The number of halogens is 1. The van der Waals surface area contributed by atoms with Crippen LogP contribution in [0.4, 0.5) is 5.69 Å². The lowest BCUT2D eigenvalue weighted by molar-refractivity contribution is 0.101. The molecule has 2 heterocycles.